The molecule has 170 valence electrons. The van der Waals surface area contributed by atoms with E-state index in [2.05, 4.69) is 10.4 Å². The highest BCUT2D eigenvalue weighted by Gasteiger charge is 2.32. The van der Waals surface area contributed by atoms with E-state index in [4.69, 9.17) is 9.84 Å². The molecule has 1 aromatic heterocycles. The molecule has 3 aromatic rings. The number of nitrogens with one attached hydrogen (secondary N) is 1. The average Bonchev–Trinajstić information content (AvgIpc) is 3.39. The highest BCUT2D eigenvalue weighted by molar-refractivity contribution is 5.90. The standard InChI is InChI=1S/C23H21FN4O5/c1-14(29)25-10-19-13-28(23(32)33-19)18-6-7-20(21(24)8-18)16-4-2-15(3-5-16)11-27-12-17(9-26-27)22(30)31/h2-9,12,19H,10-11,13H2,1H3,(H,25,29)(H,30,31)/t19-/m0/s1. The number of amides is 2. The van der Waals surface area contributed by atoms with Gasteiger partial charge in [0.05, 0.1) is 37.1 Å². The molecule has 4 rings (SSSR count). The molecule has 0 aliphatic carbocycles. The molecule has 1 aliphatic rings. The number of carbonyl (C=O) groups excluding carboxylic acids is 2. The summed E-state index contributed by atoms with van der Waals surface area (Å²) in [7, 11) is 0. The van der Waals surface area contributed by atoms with Crippen LogP contribution in [-0.4, -0.2) is 52.1 Å². The maximum Gasteiger partial charge on any atom is 0.414 e. The van der Waals surface area contributed by atoms with Crippen LogP contribution < -0.4 is 10.2 Å². The second-order valence-corrected chi connectivity index (χ2v) is 7.65. The Hall–Kier alpha value is -4.21. The first-order valence-electron chi connectivity index (χ1n) is 10.2. The fraction of sp³-hybridized carbons (Fsp3) is 0.217. The maximum absolute atomic E-state index is 14.9. The Balaban J connectivity index is 1.45. The average molecular weight is 452 g/mol. The third kappa shape index (κ3) is 5.00. The monoisotopic (exact) mass is 452 g/mol. The van der Waals surface area contributed by atoms with Crippen molar-refractivity contribution in [1.29, 1.82) is 0 Å². The number of nitrogens with zero attached hydrogens (tertiary/aromatic N) is 3. The minimum absolute atomic E-state index is 0.108. The molecule has 2 amide bonds. The minimum atomic E-state index is -1.04. The van der Waals surface area contributed by atoms with Gasteiger partial charge >= 0.3 is 12.1 Å². The van der Waals surface area contributed by atoms with Gasteiger partial charge in [0, 0.05) is 18.7 Å². The first kappa shape index (κ1) is 22.0. The van der Waals surface area contributed by atoms with Crippen molar-refractivity contribution < 1.29 is 28.6 Å². The summed E-state index contributed by atoms with van der Waals surface area (Å²) in [5, 5.41) is 15.6. The van der Waals surface area contributed by atoms with E-state index in [0.29, 0.717) is 23.4 Å². The fourth-order valence-electron chi connectivity index (χ4n) is 3.54. The van der Waals surface area contributed by atoms with E-state index in [9.17, 15) is 18.8 Å². The third-order valence-corrected chi connectivity index (χ3v) is 5.21. The van der Waals surface area contributed by atoms with Gasteiger partial charge < -0.3 is 15.2 Å². The number of anilines is 1. The molecule has 9 nitrogen and oxygen atoms in total. The molecule has 2 aromatic carbocycles. The number of aromatic nitrogens is 2. The Bertz CT molecular complexity index is 1210. The molecule has 1 aliphatic heterocycles. The van der Waals surface area contributed by atoms with E-state index < -0.39 is 24.0 Å². The predicted molar refractivity (Wildman–Crippen MR) is 116 cm³/mol. The van der Waals surface area contributed by atoms with Crippen LogP contribution in [0.3, 0.4) is 0 Å². The van der Waals surface area contributed by atoms with Gasteiger partial charge in [-0.05, 0) is 29.3 Å². The van der Waals surface area contributed by atoms with Crippen LogP contribution in [0.2, 0.25) is 0 Å². The molecule has 2 N–H and O–H groups in total. The molecule has 0 saturated carbocycles. The minimum Gasteiger partial charge on any atom is -0.478 e. The lowest BCUT2D eigenvalue weighted by Crippen LogP contribution is -2.33. The summed E-state index contributed by atoms with van der Waals surface area (Å²) in [6.45, 7) is 2.16. The lowest BCUT2D eigenvalue weighted by molar-refractivity contribution is -0.119. The number of cyclic esters (lactones) is 1. The highest BCUT2D eigenvalue weighted by atomic mass is 19.1. The number of carboxylic acid groups (broad SMARTS) is 1. The number of carboxylic acids is 1. The van der Waals surface area contributed by atoms with Crippen molar-refractivity contribution in [3.8, 4) is 11.1 Å². The van der Waals surface area contributed by atoms with Gasteiger partial charge in [-0.3, -0.25) is 14.4 Å². The number of carbonyl (C=O) groups is 3. The van der Waals surface area contributed by atoms with Gasteiger partial charge in [0.1, 0.15) is 11.9 Å². The Morgan fingerprint density at radius 1 is 1.24 bits per heavy atom. The smallest absolute Gasteiger partial charge is 0.414 e. The van der Waals surface area contributed by atoms with Crippen LogP contribution in [0.15, 0.2) is 54.9 Å². The Kier molecular flexibility index (Phi) is 6.07. The number of rotatable bonds is 7. The quantitative estimate of drug-likeness (QED) is 0.570. The summed E-state index contributed by atoms with van der Waals surface area (Å²) in [6.07, 6.45) is 1.63. The van der Waals surface area contributed by atoms with E-state index in [0.717, 1.165) is 5.56 Å². The Morgan fingerprint density at radius 3 is 2.64 bits per heavy atom. The molecule has 0 spiro atoms. The lowest BCUT2D eigenvalue weighted by atomic mass is 10.0. The van der Waals surface area contributed by atoms with Crippen LogP contribution in [0, 0.1) is 5.82 Å². The van der Waals surface area contributed by atoms with Gasteiger partial charge in [-0.25, -0.2) is 14.0 Å². The van der Waals surface area contributed by atoms with Gasteiger partial charge in [0.2, 0.25) is 5.91 Å². The third-order valence-electron chi connectivity index (χ3n) is 5.21. The summed E-state index contributed by atoms with van der Waals surface area (Å²) in [5.74, 6) is -1.75. The first-order valence-corrected chi connectivity index (χ1v) is 10.2. The van der Waals surface area contributed by atoms with E-state index in [1.54, 1.807) is 24.3 Å². The van der Waals surface area contributed by atoms with E-state index in [1.165, 1.54) is 35.0 Å². The molecule has 1 saturated heterocycles. The van der Waals surface area contributed by atoms with Gasteiger partial charge in [0.15, 0.2) is 0 Å². The van der Waals surface area contributed by atoms with Crippen LogP contribution in [0.5, 0.6) is 0 Å². The summed E-state index contributed by atoms with van der Waals surface area (Å²) in [5.41, 5.74) is 2.39. The molecule has 0 unspecified atom stereocenters. The number of halogens is 1. The van der Waals surface area contributed by atoms with E-state index in [1.807, 2.05) is 12.1 Å². The van der Waals surface area contributed by atoms with Crippen LogP contribution in [0.4, 0.5) is 14.9 Å². The van der Waals surface area contributed by atoms with Crippen LogP contribution >= 0.6 is 0 Å². The molecule has 1 atom stereocenters. The first-order chi connectivity index (χ1) is 15.8. The van der Waals surface area contributed by atoms with Crippen molar-refractivity contribution in [2.45, 2.75) is 19.6 Å². The van der Waals surface area contributed by atoms with Crippen molar-refractivity contribution in [2.24, 2.45) is 0 Å². The summed E-state index contributed by atoms with van der Waals surface area (Å²) in [6, 6.07) is 11.7. The number of ether oxygens (including phenoxy) is 1. The van der Waals surface area contributed by atoms with E-state index in [-0.39, 0.29) is 24.6 Å². The second-order valence-electron chi connectivity index (χ2n) is 7.65. The topological polar surface area (TPSA) is 114 Å². The van der Waals surface area contributed by atoms with Crippen LogP contribution in [-0.2, 0) is 16.1 Å². The van der Waals surface area contributed by atoms with Gasteiger partial charge in [-0.2, -0.15) is 5.10 Å². The summed E-state index contributed by atoms with van der Waals surface area (Å²) >= 11 is 0. The summed E-state index contributed by atoms with van der Waals surface area (Å²) < 4.78 is 21.6. The summed E-state index contributed by atoms with van der Waals surface area (Å²) in [4.78, 5) is 35.5. The lowest BCUT2D eigenvalue weighted by Gasteiger charge is -2.15. The zero-order chi connectivity index (χ0) is 23.5. The zero-order valence-corrected chi connectivity index (χ0v) is 17.7. The molecule has 2 heterocycles. The van der Waals surface area contributed by atoms with Crippen molar-refractivity contribution in [2.75, 3.05) is 18.0 Å². The van der Waals surface area contributed by atoms with Gasteiger partial charge in [0.25, 0.3) is 0 Å². The maximum atomic E-state index is 14.9. The van der Waals surface area contributed by atoms with Crippen molar-refractivity contribution in [3.63, 3.8) is 0 Å². The van der Waals surface area contributed by atoms with Gasteiger partial charge in [-0.15, -0.1) is 0 Å². The molecule has 33 heavy (non-hydrogen) atoms. The molecule has 1 fully saturated rings. The molecule has 0 bridgehead atoms. The van der Waals surface area contributed by atoms with Crippen molar-refractivity contribution >= 4 is 23.7 Å². The number of aromatic carboxylic acids is 1. The van der Waals surface area contributed by atoms with Crippen LogP contribution in [0.1, 0.15) is 22.8 Å². The Labute approximate surface area is 188 Å². The number of hydrogen-bond acceptors (Lipinski definition) is 5. The normalized spacial score (nSPS) is 15.4. The van der Waals surface area contributed by atoms with Crippen molar-refractivity contribution in [3.05, 3.63) is 71.8 Å². The zero-order valence-electron chi connectivity index (χ0n) is 17.7. The van der Waals surface area contributed by atoms with E-state index >= 15 is 0 Å². The number of hydrogen-bond donors (Lipinski definition) is 2. The number of benzene rings is 2. The predicted octanol–water partition coefficient (Wildman–Crippen LogP) is 2.90. The van der Waals surface area contributed by atoms with Gasteiger partial charge in [-0.1, -0.05) is 24.3 Å². The van der Waals surface area contributed by atoms with Crippen LogP contribution in [0.25, 0.3) is 11.1 Å². The largest absolute Gasteiger partial charge is 0.478 e. The molecular formula is C23H21FN4O5. The molecular weight excluding hydrogens is 431 g/mol. The molecule has 10 heteroatoms. The fourth-order valence-corrected chi connectivity index (χ4v) is 3.54. The Morgan fingerprint density at radius 2 is 2.00 bits per heavy atom. The highest BCUT2D eigenvalue weighted by Crippen LogP contribution is 2.29. The molecule has 0 radical (unpaired) electrons. The van der Waals surface area contributed by atoms with Crippen molar-refractivity contribution in [1.82, 2.24) is 15.1 Å². The second kappa shape index (κ2) is 9.11. The SMILES string of the molecule is CC(=O)NC[C@H]1CN(c2ccc(-c3ccc(Cn4cc(C(=O)O)cn4)cc3)c(F)c2)C(=O)O1.